The molecule has 3 aromatic rings. The van der Waals surface area contributed by atoms with E-state index in [4.69, 9.17) is 0 Å². The molecule has 1 atom stereocenters. The van der Waals surface area contributed by atoms with Gasteiger partial charge in [-0.05, 0) is 37.3 Å². The van der Waals surface area contributed by atoms with Gasteiger partial charge in [0.1, 0.15) is 17.0 Å². The number of rotatable bonds is 6. The molecule has 4 rings (SSSR count). The Kier molecular flexibility index (Phi) is 5.86. The fraction of sp³-hybridized carbons (Fsp3) is 0.409. The van der Waals surface area contributed by atoms with Crippen LogP contribution in [0.25, 0.3) is 10.2 Å². The van der Waals surface area contributed by atoms with Crippen LogP contribution in [0, 0.1) is 5.92 Å². The van der Waals surface area contributed by atoms with Crippen LogP contribution >= 0.6 is 11.3 Å². The van der Waals surface area contributed by atoms with Crippen LogP contribution in [-0.4, -0.2) is 35.5 Å². The number of aryl methyl sites for hydroxylation is 1. The number of piperidine rings is 1. The lowest BCUT2D eigenvalue weighted by Gasteiger charge is -2.33. The zero-order valence-electron chi connectivity index (χ0n) is 16.2. The zero-order valence-corrected chi connectivity index (χ0v) is 17.0. The lowest BCUT2D eigenvalue weighted by Crippen LogP contribution is -2.43. The van der Waals surface area contributed by atoms with Crippen LogP contribution < -0.4 is 10.2 Å². The van der Waals surface area contributed by atoms with E-state index in [0.29, 0.717) is 6.54 Å². The van der Waals surface area contributed by atoms with Crippen molar-refractivity contribution in [1.29, 1.82) is 0 Å². The Morgan fingerprint density at radius 2 is 2.14 bits per heavy atom. The van der Waals surface area contributed by atoms with Crippen molar-refractivity contribution in [2.45, 2.75) is 32.6 Å². The molecule has 0 saturated carbocycles. The van der Waals surface area contributed by atoms with Gasteiger partial charge in [0.2, 0.25) is 5.91 Å². The first-order valence-corrected chi connectivity index (χ1v) is 10.9. The standard InChI is InChI=1S/C22H26N4OS/c1-2-18-13-19-20(24-15-25-22(19)28-18)26-12-6-9-17(14-26)21(27)23-11-10-16-7-4-3-5-8-16/h3-5,7-8,13,15,17H,2,6,9-12,14H2,1H3,(H,23,27)/t17-/m1/s1. The van der Waals surface area contributed by atoms with Crippen LogP contribution in [0.1, 0.15) is 30.2 Å². The highest BCUT2D eigenvalue weighted by molar-refractivity contribution is 7.18. The van der Waals surface area contributed by atoms with Gasteiger partial charge in [-0.1, -0.05) is 37.3 Å². The normalized spacial score (nSPS) is 17.0. The second-order valence-corrected chi connectivity index (χ2v) is 8.41. The predicted molar refractivity (Wildman–Crippen MR) is 115 cm³/mol. The number of benzene rings is 1. The zero-order chi connectivity index (χ0) is 19.3. The number of amides is 1. The Balaban J connectivity index is 1.40. The SMILES string of the molecule is CCc1cc2c(N3CCC[C@@H](C(=O)NCCc4ccccc4)C3)ncnc2s1. The molecule has 0 unspecified atom stereocenters. The summed E-state index contributed by atoms with van der Waals surface area (Å²) in [5.74, 6) is 1.15. The lowest BCUT2D eigenvalue weighted by molar-refractivity contribution is -0.125. The van der Waals surface area contributed by atoms with Crippen molar-refractivity contribution in [2.75, 3.05) is 24.5 Å². The average Bonchev–Trinajstić information content (AvgIpc) is 3.18. The van der Waals surface area contributed by atoms with E-state index in [0.717, 1.165) is 54.8 Å². The molecule has 28 heavy (non-hydrogen) atoms. The van der Waals surface area contributed by atoms with E-state index < -0.39 is 0 Å². The van der Waals surface area contributed by atoms with Crippen molar-refractivity contribution in [1.82, 2.24) is 15.3 Å². The molecule has 1 N–H and O–H groups in total. The Hall–Kier alpha value is -2.47. The summed E-state index contributed by atoms with van der Waals surface area (Å²) in [4.78, 5) is 26.3. The van der Waals surface area contributed by atoms with Gasteiger partial charge in [-0.2, -0.15) is 0 Å². The van der Waals surface area contributed by atoms with Crippen molar-refractivity contribution < 1.29 is 4.79 Å². The monoisotopic (exact) mass is 394 g/mol. The van der Waals surface area contributed by atoms with Gasteiger partial charge in [0.05, 0.1) is 11.3 Å². The highest BCUT2D eigenvalue weighted by Crippen LogP contribution is 2.32. The highest BCUT2D eigenvalue weighted by atomic mass is 32.1. The van der Waals surface area contributed by atoms with Crippen LogP contribution in [0.2, 0.25) is 0 Å². The molecule has 0 spiro atoms. The quantitative estimate of drug-likeness (QED) is 0.690. The second kappa shape index (κ2) is 8.69. The van der Waals surface area contributed by atoms with Crippen molar-refractivity contribution in [3.05, 3.63) is 53.2 Å². The summed E-state index contributed by atoms with van der Waals surface area (Å²) in [5.41, 5.74) is 1.25. The summed E-state index contributed by atoms with van der Waals surface area (Å²) >= 11 is 1.73. The second-order valence-electron chi connectivity index (χ2n) is 7.29. The molecule has 3 heterocycles. The van der Waals surface area contributed by atoms with E-state index in [9.17, 15) is 4.79 Å². The first kappa shape index (κ1) is 18.9. The highest BCUT2D eigenvalue weighted by Gasteiger charge is 2.27. The number of aromatic nitrogens is 2. The molecular weight excluding hydrogens is 368 g/mol. The van der Waals surface area contributed by atoms with Crippen molar-refractivity contribution in [3.8, 4) is 0 Å². The van der Waals surface area contributed by atoms with Crippen molar-refractivity contribution in [3.63, 3.8) is 0 Å². The fourth-order valence-electron chi connectivity index (χ4n) is 3.82. The van der Waals surface area contributed by atoms with Gasteiger partial charge < -0.3 is 10.2 Å². The maximum atomic E-state index is 12.7. The van der Waals surface area contributed by atoms with Gasteiger partial charge in [-0.25, -0.2) is 9.97 Å². The molecule has 0 radical (unpaired) electrons. The minimum Gasteiger partial charge on any atom is -0.355 e. The summed E-state index contributed by atoms with van der Waals surface area (Å²) in [6.45, 7) is 4.51. The Labute approximate surface area is 169 Å². The average molecular weight is 395 g/mol. The van der Waals surface area contributed by atoms with Gasteiger partial charge in [0.15, 0.2) is 0 Å². The molecule has 6 heteroatoms. The minimum atomic E-state index is 0.0128. The number of nitrogens with zero attached hydrogens (tertiary/aromatic N) is 3. The van der Waals surface area contributed by atoms with E-state index in [1.807, 2.05) is 18.2 Å². The van der Waals surface area contributed by atoms with Crippen molar-refractivity contribution >= 4 is 33.3 Å². The smallest absolute Gasteiger partial charge is 0.224 e. The number of carbonyl (C=O) groups excluding carboxylic acids is 1. The molecule has 1 aliphatic heterocycles. The number of hydrogen-bond acceptors (Lipinski definition) is 5. The van der Waals surface area contributed by atoms with Crippen LogP contribution in [-0.2, 0) is 17.6 Å². The maximum Gasteiger partial charge on any atom is 0.224 e. The summed E-state index contributed by atoms with van der Waals surface area (Å²) in [6.07, 6.45) is 5.47. The van der Waals surface area contributed by atoms with E-state index >= 15 is 0 Å². The first-order chi connectivity index (χ1) is 13.7. The molecule has 1 aromatic carbocycles. The summed E-state index contributed by atoms with van der Waals surface area (Å²) in [6, 6.07) is 12.5. The van der Waals surface area contributed by atoms with E-state index in [2.05, 4.69) is 45.3 Å². The molecule has 2 aromatic heterocycles. The number of thiophene rings is 1. The summed E-state index contributed by atoms with van der Waals surface area (Å²) in [7, 11) is 0. The Bertz CT molecular complexity index is 940. The maximum absolute atomic E-state index is 12.7. The third-order valence-corrected chi connectivity index (χ3v) is 6.54. The number of fused-ring (bicyclic) bond motifs is 1. The molecule has 5 nitrogen and oxygen atoms in total. The molecule has 1 saturated heterocycles. The Morgan fingerprint density at radius 3 is 2.96 bits per heavy atom. The molecule has 1 aliphatic rings. The minimum absolute atomic E-state index is 0.0128. The summed E-state index contributed by atoms with van der Waals surface area (Å²) < 4.78 is 0. The van der Waals surface area contributed by atoms with Gasteiger partial charge in [0, 0.05) is 24.5 Å². The molecule has 1 amide bonds. The molecule has 0 aliphatic carbocycles. The topological polar surface area (TPSA) is 58.1 Å². The lowest BCUT2D eigenvalue weighted by atomic mass is 9.97. The largest absolute Gasteiger partial charge is 0.355 e. The predicted octanol–water partition coefficient (Wildman–Crippen LogP) is 3.83. The van der Waals surface area contributed by atoms with E-state index in [1.54, 1.807) is 17.7 Å². The van der Waals surface area contributed by atoms with Crippen LogP contribution in [0.3, 0.4) is 0 Å². The number of carbonyl (C=O) groups is 1. The molecule has 0 bridgehead atoms. The summed E-state index contributed by atoms with van der Waals surface area (Å²) in [5, 5.41) is 4.25. The van der Waals surface area contributed by atoms with Crippen LogP contribution in [0.4, 0.5) is 5.82 Å². The number of hydrogen-bond donors (Lipinski definition) is 1. The van der Waals surface area contributed by atoms with Gasteiger partial charge in [0.25, 0.3) is 0 Å². The van der Waals surface area contributed by atoms with Crippen LogP contribution in [0.15, 0.2) is 42.7 Å². The van der Waals surface area contributed by atoms with Gasteiger partial charge in [-0.15, -0.1) is 11.3 Å². The van der Waals surface area contributed by atoms with Gasteiger partial charge in [-0.3, -0.25) is 4.79 Å². The number of anilines is 1. The molecular formula is C22H26N4OS. The number of nitrogens with one attached hydrogen (secondary N) is 1. The fourth-order valence-corrected chi connectivity index (χ4v) is 4.75. The first-order valence-electron chi connectivity index (χ1n) is 10.0. The van der Waals surface area contributed by atoms with Crippen LogP contribution in [0.5, 0.6) is 0 Å². The van der Waals surface area contributed by atoms with Crippen molar-refractivity contribution in [2.24, 2.45) is 5.92 Å². The Morgan fingerprint density at radius 1 is 1.29 bits per heavy atom. The third-order valence-electron chi connectivity index (χ3n) is 5.36. The van der Waals surface area contributed by atoms with Gasteiger partial charge >= 0.3 is 0 Å². The van der Waals surface area contributed by atoms with E-state index in [-0.39, 0.29) is 11.8 Å². The molecule has 1 fully saturated rings. The molecule has 146 valence electrons. The third kappa shape index (κ3) is 4.17. The van der Waals surface area contributed by atoms with E-state index in [1.165, 1.54) is 10.4 Å².